The Bertz CT molecular complexity index is 688. The van der Waals surface area contributed by atoms with Crippen molar-refractivity contribution in [3.8, 4) is 11.5 Å². The number of carbonyl (C=O) groups is 1. The summed E-state index contributed by atoms with van der Waals surface area (Å²) < 4.78 is 11.1. The van der Waals surface area contributed by atoms with Gasteiger partial charge in [-0.15, -0.1) is 0 Å². The smallest absolute Gasteiger partial charge is 0.221 e. The molecule has 3 N–H and O–H groups in total. The molecule has 0 saturated heterocycles. The first-order chi connectivity index (χ1) is 11.7. The highest BCUT2D eigenvalue weighted by Crippen LogP contribution is 2.30. The van der Waals surface area contributed by atoms with Crippen molar-refractivity contribution in [3.63, 3.8) is 0 Å². The number of hydrogen-bond donors (Lipinski definition) is 2. The molecule has 126 valence electrons. The second kappa shape index (κ2) is 7.84. The number of ether oxygens (including phenoxy) is 2. The van der Waals surface area contributed by atoms with Crippen LogP contribution in [-0.4, -0.2) is 25.7 Å². The van der Waals surface area contributed by atoms with Gasteiger partial charge in [0.05, 0.1) is 0 Å². The van der Waals surface area contributed by atoms with Crippen LogP contribution in [0, 0.1) is 0 Å². The topological polar surface area (TPSA) is 73.6 Å². The van der Waals surface area contributed by atoms with E-state index in [4.69, 9.17) is 15.2 Å². The predicted octanol–water partition coefficient (Wildman–Crippen LogP) is 2.21. The monoisotopic (exact) mass is 326 g/mol. The summed E-state index contributed by atoms with van der Waals surface area (Å²) in [5, 5.41) is 2.92. The molecule has 0 aromatic heterocycles. The fourth-order valence-corrected chi connectivity index (χ4v) is 2.68. The van der Waals surface area contributed by atoms with Gasteiger partial charge in [0.15, 0.2) is 11.5 Å². The highest BCUT2D eigenvalue weighted by atomic mass is 16.6. The van der Waals surface area contributed by atoms with Crippen molar-refractivity contribution in [2.75, 3.05) is 19.8 Å². The Hall–Kier alpha value is -2.53. The van der Waals surface area contributed by atoms with Gasteiger partial charge >= 0.3 is 0 Å². The third-order valence-electron chi connectivity index (χ3n) is 3.98. The molecular formula is C19H22N2O3. The van der Waals surface area contributed by atoms with Gasteiger partial charge in [-0.2, -0.15) is 0 Å². The Morgan fingerprint density at radius 1 is 1.08 bits per heavy atom. The molecule has 0 radical (unpaired) electrons. The van der Waals surface area contributed by atoms with Crippen molar-refractivity contribution in [1.82, 2.24) is 5.32 Å². The zero-order chi connectivity index (χ0) is 16.8. The van der Waals surface area contributed by atoms with Crippen molar-refractivity contribution in [2.45, 2.75) is 18.9 Å². The largest absolute Gasteiger partial charge is 0.486 e. The molecule has 0 saturated carbocycles. The maximum atomic E-state index is 12.0. The first-order valence-electron chi connectivity index (χ1n) is 8.18. The van der Waals surface area contributed by atoms with Crippen LogP contribution in [0.5, 0.6) is 11.5 Å². The maximum absolute atomic E-state index is 12.0. The van der Waals surface area contributed by atoms with E-state index in [0.717, 1.165) is 29.0 Å². The first-order valence-corrected chi connectivity index (χ1v) is 8.18. The lowest BCUT2D eigenvalue weighted by molar-refractivity contribution is -0.121. The van der Waals surface area contributed by atoms with Crippen LogP contribution < -0.4 is 20.5 Å². The standard InChI is InChI=1S/C19H22N2O3/c20-16(15-4-2-1-3-5-15)13-19(22)21-9-8-14-6-7-17-18(12-14)24-11-10-23-17/h1-7,12,16H,8-11,13,20H2,(H,21,22). The summed E-state index contributed by atoms with van der Waals surface area (Å²) in [5.41, 5.74) is 8.14. The van der Waals surface area contributed by atoms with Crippen molar-refractivity contribution in [2.24, 2.45) is 5.73 Å². The highest BCUT2D eigenvalue weighted by molar-refractivity contribution is 5.76. The Labute approximate surface area is 141 Å². The average molecular weight is 326 g/mol. The van der Waals surface area contributed by atoms with E-state index in [-0.39, 0.29) is 18.4 Å². The molecule has 0 aliphatic carbocycles. The summed E-state index contributed by atoms with van der Waals surface area (Å²) in [4.78, 5) is 12.0. The van der Waals surface area contributed by atoms with Gasteiger partial charge in [0, 0.05) is 19.0 Å². The number of rotatable bonds is 6. The maximum Gasteiger partial charge on any atom is 0.221 e. The van der Waals surface area contributed by atoms with Crippen molar-refractivity contribution in [3.05, 3.63) is 59.7 Å². The van der Waals surface area contributed by atoms with Gasteiger partial charge in [-0.3, -0.25) is 4.79 Å². The van der Waals surface area contributed by atoms with Crippen LogP contribution in [0.2, 0.25) is 0 Å². The molecule has 1 unspecified atom stereocenters. The van der Waals surface area contributed by atoms with Crippen molar-refractivity contribution >= 4 is 5.91 Å². The lowest BCUT2D eigenvalue weighted by Crippen LogP contribution is -2.29. The molecule has 24 heavy (non-hydrogen) atoms. The minimum Gasteiger partial charge on any atom is -0.486 e. The summed E-state index contributed by atoms with van der Waals surface area (Å²) in [6.07, 6.45) is 1.02. The quantitative estimate of drug-likeness (QED) is 0.853. The molecule has 1 aliphatic rings. The van der Waals surface area contributed by atoms with Gasteiger partial charge in [0.2, 0.25) is 5.91 Å². The van der Waals surface area contributed by atoms with Crippen molar-refractivity contribution in [1.29, 1.82) is 0 Å². The number of carbonyl (C=O) groups excluding carboxylic acids is 1. The normalized spacial score (nSPS) is 14.0. The summed E-state index contributed by atoms with van der Waals surface area (Å²) in [7, 11) is 0. The summed E-state index contributed by atoms with van der Waals surface area (Å²) in [6.45, 7) is 1.73. The molecule has 1 atom stereocenters. The van der Waals surface area contributed by atoms with Crippen LogP contribution in [0.1, 0.15) is 23.6 Å². The molecule has 5 heteroatoms. The summed E-state index contributed by atoms with van der Waals surface area (Å²) >= 11 is 0. The van der Waals surface area contributed by atoms with Gasteiger partial charge in [0.25, 0.3) is 0 Å². The van der Waals surface area contributed by atoms with Crippen LogP contribution in [0.3, 0.4) is 0 Å². The van der Waals surface area contributed by atoms with E-state index in [1.54, 1.807) is 0 Å². The highest BCUT2D eigenvalue weighted by Gasteiger charge is 2.13. The van der Waals surface area contributed by atoms with E-state index in [1.165, 1.54) is 0 Å². The second-order valence-corrected chi connectivity index (χ2v) is 5.80. The Kier molecular flexibility index (Phi) is 5.33. The molecule has 2 aromatic rings. The Morgan fingerprint density at radius 3 is 2.62 bits per heavy atom. The van der Waals surface area contributed by atoms with Crippen molar-refractivity contribution < 1.29 is 14.3 Å². The van der Waals surface area contributed by atoms with E-state index in [1.807, 2.05) is 48.5 Å². The van der Waals surface area contributed by atoms with Crippen LogP contribution in [0.15, 0.2) is 48.5 Å². The Balaban J connectivity index is 1.45. The second-order valence-electron chi connectivity index (χ2n) is 5.80. The zero-order valence-electron chi connectivity index (χ0n) is 13.5. The van der Waals surface area contributed by atoms with Crippen LogP contribution in [-0.2, 0) is 11.2 Å². The SMILES string of the molecule is NC(CC(=O)NCCc1ccc2c(c1)OCCO2)c1ccccc1. The molecule has 1 amide bonds. The van der Waals surface area contributed by atoms with Gasteiger partial charge in [-0.05, 0) is 29.7 Å². The number of nitrogens with two attached hydrogens (primary N) is 1. The van der Waals surface area contributed by atoms with E-state index >= 15 is 0 Å². The molecule has 0 fully saturated rings. The molecule has 1 heterocycles. The molecule has 0 spiro atoms. The average Bonchev–Trinajstić information content (AvgIpc) is 2.62. The van der Waals surface area contributed by atoms with Gasteiger partial charge in [-0.25, -0.2) is 0 Å². The van der Waals surface area contributed by atoms with Crippen LogP contribution in [0.25, 0.3) is 0 Å². The van der Waals surface area contributed by atoms with E-state index in [9.17, 15) is 4.79 Å². The number of nitrogens with one attached hydrogen (secondary N) is 1. The molecular weight excluding hydrogens is 304 g/mol. The van der Waals surface area contributed by atoms with Gasteiger partial charge in [0.1, 0.15) is 13.2 Å². The number of hydrogen-bond acceptors (Lipinski definition) is 4. The van der Waals surface area contributed by atoms with E-state index in [0.29, 0.717) is 19.8 Å². The lowest BCUT2D eigenvalue weighted by atomic mass is 10.0. The fraction of sp³-hybridized carbons (Fsp3) is 0.316. The minimum atomic E-state index is -0.277. The van der Waals surface area contributed by atoms with E-state index in [2.05, 4.69) is 5.32 Å². The van der Waals surface area contributed by atoms with Gasteiger partial charge in [-0.1, -0.05) is 36.4 Å². The van der Waals surface area contributed by atoms with Crippen LogP contribution >= 0.6 is 0 Å². The number of fused-ring (bicyclic) bond motifs is 1. The summed E-state index contributed by atoms with van der Waals surface area (Å²) in [5.74, 6) is 1.52. The molecule has 0 bridgehead atoms. The lowest BCUT2D eigenvalue weighted by Gasteiger charge is -2.19. The number of benzene rings is 2. The molecule has 2 aromatic carbocycles. The molecule has 5 nitrogen and oxygen atoms in total. The molecule has 3 rings (SSSR count). The van der Waals surface area contributed by atoms with Crippen LogP contribution in [0.4, 0.5) is 0 Å². The molecule has 1 aliphatic heterocycles. The minimum absolute atomic E-state index is 0.0381. The Morgan fingerprint density at radius 2 is 1.83 bits per heavy atom. The third kappa shape index (κ3) is 4.26. The number of amides is 1. The predicted molar refractivity (Wildman–Crippen MR) is 92.1 cm³/mol. The van der Waals surface area contributed by atoms with Gasteiger partial charge < -0.3 is 20.5 Å². The fourth-order valence-electron chi connectivity index (χ4n) is 2.68. The third-order valence-corrected chi connectivity index (χ3v) is 3.98. The first kappa shape index (κ1) is 16.3. The van der Waals surface area contributed by atoms with E-state index < -0.39 is 0 Å². The zero-order valence-corrected chi connectivity index (χ0v) is 13.5. The summed E-state index contributed by atoms with van der Waals surface area (Å²) in [6, 6.07) is 15.3.